The third-order valence-corrected chi connectivity index (χ3v) is 18.3. The van der Waals surface area contributed by atoms with Crippen LogP contribution in [0.1, 0.15) is 356 Å². The van der Waals surface area contributed by atoms with Crippen molar-refractivity contribution in [3.63, 3.8) is 0 Å². The second kappa shape index (κ2) is 62.5. The van der Waals surface area contributed by atoms with Crippen LogP contribution in [0, 0.1) is 5.92 Å². The molecule has 0 aliphatic heterocycles. The van der Waals surface area contributed by atoms with E-state index in [4.69, 9.17) is 37.0 Å². The summed E-state index contributed by atoms with van der Waals surface area (Å²) < 4.78 is 68.0. The summed E-state index contributed by atoms with van der Waals surface area (Å²) in [6.07, 6.45) is 49.0. The second-order valence-electron chi connectivity index (χ2n) is 25.2. The number of unbranched alkanes of at least 4 members (excludes halogenated alkanes) is 40. The van der Waals surface area contributed by atoms with E-state index in [1.165, 1.54) is 161 Å². The quantitative estimate of drug-likeness (QED) is 0.0222. The Morgan fingerprint density at radius 2 is 0.545 bits per heavy atom. The van der Waals surface area contributed by atoms with Gasteiger partial charge in [0.2, 0.25) is 0 Å². The van der Waals surface area contributed by atoms with Crippen LogP contribution in [0.25, 0.3) is 0 Å². The van der Waals surface area contributed by atoms with Crippen molar-refractivity contribution >= 4 is 39.5 Å². The first kappa shape index (κ1) is 86.1. The monoisotopic (exact) mass is 1300 g/mol. The number of phosphoric ester groups is 2. The fourth-order valence-corrected chi connectivity index (χ4v) is 12.0. The van der Waals surface area contributed by atoms with Crippen molar-refractivity contribution in [3.05, 3.63) is 0 Å². The summed E-state index contributed by atoms with van der Waals surface area (Å²) in [5, 5.41) is 10.5. The van der Waals surface area contributed by atoms with E-state index in [-0.39, 0.29) is 25.7 Å². The molecule has 0 heterocycles. The van der Waals surface area contributed by atoms with Crippen molar-refractivity contribution in [2.45, 2.75) is 374 Å². The molecular formula is C69H134O17P2. The number of phosphoric acid groups is 2. The molecule has 0 amide bonds. The molecule has 0 aromatic rings. The zero-order valence-electron chi connectivity index (χ0n) is 56.9. The van der Waals surface area contributed by atoms with Gasteiger partial charge in [-0.05, 0) is 31.6 Å². The number of hydrogen-bond donors (Lipinski definition) is 3. The molecule has 0 bridgehead atoms. The zero-order valence-corrected chi connectivity index (χ0v) is 58.6. The second-order valence-corrected chi connectivity index (χ2v) is 28.1. The summed E-state index contributed by atoms with van der Waals surface area (Å²) in [4.78, 5) is 72.2. The molecule has 3 unspecified atom stereocenters. The molecule has 0 aromatic heterocycles. The van der Waals surface area contributed by atoms with Gasteiger partial charge in [-0.1, -0.05) is 304 Å². The van der Waals surface area contributed by atoms with Gasteiger partial charge in [-0.2, -0.15) is 0 Å². The molecule has 6 atom stereocenters. The smallest absolute Gasteiger partial charge is 0.462 e. The third-order valence-electron chi connectivity index (χ3n) is 16.4. The van der Waals surface area contributed by atoms with Gasteiger partial charge in [0.25, 0.3) is 0 Å². The lowest BCUT2D eigenvalue weighted by Crippen LogP contribution is -2.30. The average Bonchev–Trinajstić information content (AvgIpc) is 3.57. The molecular weight excluding hydrogens is 1160 g/mol. The highest BCUT2D eigenvalue weighted by molar-refractivity contribution is 7.47. The van der Waals surface area contributed by atoms with Crippen molar-refractivity contribution in [1.29, 1.82) is 0 Å². The molecule has 0 saturated heterocycles. The molecule has 0 saturated carbocycles. The molecule has 17 nitrogen and oxygen atoms in total. The Morgan fingerprint density at radius 1 is 0.318 bits per heavy atom. The Bertz CT molecular complexity index is 1710. The van der Waals surface area contributed by atoms with Gasteiger partial charge in [0.15, 0.2) is 12.2 Å². The minimum Gasteiger partial charge on any atom is -0.462 e. The van der Waals surface area contributed by atoms with Gasteiger partial charge in [-0.15, -0.1) is 0 Å². The Hall–Kier alpha value is -1.94. The Morgan fingerprint density at radius 3 is 0.807 bits per heavy atom. The van der Waals surface area contributed by atoms with Gasteiger partial charge in [0.05, 0.1) is 26.4 Å². The van der Waals surface area contributed by atoms with Crippen molar-refractivity contribution < 1.29 is 80.2 Å². The molecule has 88 heavy (non-hydrogen) atoms. The first-order chi connectivity index (χ1) is 42.6. The van der Waals surface area contributed by atoms with E-state index in [2.05, 4.69) is 34.6 Å². The van der Waals surface area contributed by atoms with Gasteiger partial charge in [-0.25, -0.2) is 9.13 Å². The molecule has 0 aromatic carbocycles. The van der Waals surface area contributed by atoms with Crippen LogP contribution in [0.4, 0.5) is 0 Å². The van der Waals surface area contributed by atoms with E-state index in [0.29, 0.717) is 25.7 Å². The number of rotatable bonds is 69. The van der Waals surface area contributed by atoms with Gasteiger partial charge in [0.1, 0.15) is 19.3 Å². The fraction of sp³-hybridized carbons (Fsp3) is 0.942. The largest absolute Gasteiger partial charge is 0.472 e. The van der Waals surface area contributed by atoms with E-state index in [0.717, 1.165) is 115 Å². The van der Waals surface area contributed by atoms with Crippen LogP contribution in [0.2, 0.25) is 0 Å². The van der Waals surface area contributed by atoms with Crippen molar-refractivity contribution in [2.75, 3.05) is 39.6 Å². The van der Waals surface area contributed by atoms with Crippen LogP contribution in [0.15, 0.2) is 0 Å². The van der Waals surface area contributed by atoms with Crippen LogP contribution in [0.3, 0.4) is 0 Å². The van der Waals surface area contributed by atoms with Gasteiger partial charge in [-0.3, -0.25) is 37.3 Å². The van der Waals surface area contributed by atoms with Gasteiger partial charge in [0, 0.05) is 25.7 Å². The highest BCUT2D eigenvalue weighted by atomic mass is 31.2. The van der Waals surface area contributed by atoms with Crippen LogP contribution in [0.5, 0.6) is 0 Å². The normalized spacial score (nSPS) is 14.4. The standard InChI is InChI=1S/C69H134O17P2/c1-6-10-13-16-19-22-23-24-25-26-27-28-29-30-31-32-33-34-35-38-45-50-55-69(74)86-65(59-80-67(72)53-48-43-40-39-41-46-51-62(5)9-4)61-84-88(77,78)82-57-63(70)56-81-87(75,76)83-60-64(85-68(73)54-49-44-37-21-18-15-12-8-3)58-79-66(71)52-47-42-36-20-17-14-11-7-2/h62-65,70H,6-61H2,1-5H3,(H,75,76)(H,77,78)/t62?,63-,64+,65+/m0/s1. The Balaban J connectivity index is 5.08. The van der Waals surface area contributed by atoms with E-state index < -0.39 is 97.5 Å². The first-order valence-electron chi connectivity index (χ1n) is 36.2. The lowest BCUT2D eigenvalue weighted by Gasteiger charge is -2.21. The number of ether oxygens (including phenoxy) is 4. The predicted octanol–water partition coefficient (Wildman–Crippen LogP) is 19.7. The molecule has 3 N–H and O–H groups in total. The lowest BCUT2D eigenvalue weighted by atomic mass is 10.00. The molecule has 0 radical (unpaired) electrons. The van der Waals surface area contributed by atoms with Gasteiger partial charge < -0.3 is 33.8 Å². The molecule has 0 aliphatic carbocycles. The molecule has 0 spiro atoms. The molecule has 0 rings (SSSR count). The van der Waals surface area contributed by atoms with Crippen LogP contribution in [-0.2, 0) is 65.4 Å². The summed E-state index contributed by atoms with van der Waals surface area (Å²) >= 11 is 0. The minimum atomic E-state index is -4.95. The SMILES string of the molecule is CCCCCCCCCCCCCCCCCCCCCCCCC(=O)O[C@H](COC(=O)CCCCCCCCC(C)CC)COP(=O)(O)OC[C@@H](O)COP(=O)(O)OC[C@@H](COC(=O)CCCCCCCCCC)OC(=O)CCCCCCCCCC. The molecule has 522 valence electrons. The summed E-state index contributed by atoms with van der Waals surface area (Å²) in [6, 6.07) is 0. The van der Waals surface area contributed by atoms with Crippen molar-refractivity contribution in [2.24, 2.45) is 5.92 Å². The van der Waals surface area contributed by atoms with E-state index in [1.54, 1.807) is 0 Å². The topological polar surface area (TPSA) is 237 Å². The van der Waals surface area contributed by atoms with Crippen LogP contribution < -0.4 is 0 Å². The van der Waals surface area contributed by atoms with Crippen molar-refractivity contribution in [1.82, 2.24) is 0 Å². The van der Waals surface area contributed by atoms with E-state index >= 15 is 0 Å². The average molecular weight is 1300 g/mol. The lowest BCUT2D eigenvalue weighted by molar-refractivity contribution is -0.161. The van der Waals surface area contributed by atoms with Crippen molar-refractivity contribution in [3.8, 4) is 0 Å². The summed E-state index contributed by atoms with van der Waals surface area (Å²) in [5.74, 6) is -1.40. The maximum absolute atomic E-state index is 13.0. The summed E-state index contributed by atoms with van der Waals surface area (Å²) in [7, 11) is -9.89. The highest BCUT2D eigenvalue weighted by Gasteiger charge is 2.30. The maximum atomic E-state index is 13.0. The molecule has 0 aliphatic rings. The number of carbonyl (C=O) groups excluding carboxylic acids is 4. The number of esters is 4. The number of carbonyl (C=O) groups is 4. The zero-order chi connectivity index (χ0) is 64.9. The molecule has 0 fully saturated rings. The number of hydrogen-bond acceptors (Lipinski definition) is 15. The number of aliphatic hydroxyl groups is 1. The van der Waals surface area contributed by atoms with Crippen LogP contribution in [-0.4, -0.2) is 96.7 Å². The minimum absolute atomic E-state index is 0.105. The van der Waals surface area contributed by atoms with E-state index in [1.807, 2.05) is 0 Å². The predicted molar refractivity (Wildman–Crippen MR) is 354 cm³/mol. The fourth-order valence-electron chi connectivity index (χ4n) is 10.4. The Kier molecular flexibility index (Phi) is 61.1. The number of aliphatic hydroxyl groups excluding tert-OH is 1. The third kappa shape index (κ3) is 61.6. The highest BCUT2D eigenvalue weighted by Crippen LogP contribution is 2.45. The van der Waals surface area contributed by atoms with Gasteiger partial charge >= 0.3 is 39.5 Å². The van der Waals surface area contributed by atoms with Crippen LogP contribution >= 0.6 is 15.6 Å². The first-order valence-corrected chi connectivity index (χ1v) is 39.2. The summed E-state index contributed by atoms with van der Waals surface area (Å²) in [5.41, 5.74) is 0. The molecule has 19 heteroatoms. The Labute approximate surface area is 537 Å². The van der Waals surface area contributed by atoms with E-state index in [9.17, 15) is 43.2 Å². The maximum Gasteiger partial charge on any atom is 0.472 e. The summed E-state index contributed by atoms with van der Waals surface area (Å²) in [6.45, 7) is 7.13.